The van der Waals surface area contributed by atoms with Gasteiger partial charge in [0.25, 0.3) is 10.0 Å². The number of nitrogens with zero attached hydrogens (tertiary/aromatic N) is 1. The van der Waals surface area contributed by atoms with Gasteiger partial charge in [-0.2, -0.15) is 0 Å². The molecule has 2 N–H and O–H groups in total. The number of hydrogen-bond donors (Lipinski definition) is 2. The number of carbonyl (C=O) groups is 2. The van der Waals surface area contributed by atoms with Gasteiger partial charge in [0.15, 0.2) is 0 Å². The molecule has 35 heavy (non-hydrogen) atoms. The van der Waals surface area contributed by atoms with Gasteiger partial charge in [0, 0.05) is 10.5 Å². The van der Waals surface area contributed by atoms with Gasteiger partial charge >= 0.3 is 12.0 Å². The minimum absolute atomic E-state index is 0.00472. The molecule has 0 aliphatic carbocycles. The van der Waals surface area contributed by atoms with E-state index in [0.29, 0.717) is 20.5 Å². The zero-order valence-electron chi connectivity index (χ0n) is 18.5. The van der Waals surface area contributed by atoms with Crippen LogP contribution < -0.4 is 10.0 Å². The topological polar surface area (TPSA) is 114 Å². The van der Waals surface area contributed by atoms with Crippen LogP contribution in [-0.2, 0) is 14.8 Å². The highest BCUT2D eigenvalue weighted by Crippen LogP contribution is 2.36. The normalized spacial score (nSPS) is 11.1. The first-order chi connectivity index (χ1) is 16.7. The second-order valence-electron chi connectivity index (χ2n) is 7.03. The fraction of sp³-hybridized carbons (Fsp3) is 0.0870. The first-order valence-corrected chi connectivity index (χ1v) is 14.0. The van der Waals surface area contributed by atoms with E-state index in [1.165, 1.54) is 36.3 Å². The van der Waals surface area contributed by atoms with E-state index in [0.717, 1.165) is 26.8 Å². The van der Waals surface area contributed by atoms with Gasteiger partial charge in [-0.05, 0) is 43.3 Å². The molecule has 2 heterocycles. The molecule has 8 nitrogen and oxygen atoms in total. The van der Waals surface area contributed by atoms with E-state index in [9.17, 15) is 18.0 Å². The lowest BCUT2D eigenvalue weighted by atomic mass is 10.2. The summed E-state index contributed by atoms with van der Waals surface area (Å²) in [5.41, 5.74) is 1.82. The van der Waals surface area contributed by atoms with Crippen molar-refractivity contribution in [3.8, 4) is 11.3 Å². The average molecular weight is 546 g/mol. The van der Waals surface area contributed by atoms with E-state index in [-0.39, 0.29) is 4.21 Å². The van der Waals surface area contributed by atoms with Crippen LogP contribution in [0.4, 0.5) is 9.80 Å². The number of rotatable bonds is 7. The van der Waals surface area contributed by atoms with Crippen molar-refractivity contribution in [1.82, 2.24) is 9.71 Å². The van der Waals surface area contributed by atoms with Gasteiger partial charge in [0.05, 0.1) is 21.9 Å². The summed E-state index contributed by atoms with van der Waals surface area (Å²) in [5, 5.41) is 3.81. The molecule has 2 aromatic carbocycles. The average Bonchev–Trinajstić information content (AvgIpc) is 3.46. The molecule has 0 fully saturated rings. The number of thiazole rings is 1. The molecule has 0 radical (unpaired) electrons. The lowest BCUT2D eigenvalue weighted by Gasteiger charge is -2.07. The zero-order valence-corrected chi connectivity index (χ0v) is 21.7. The first-order valence-electron chi connectivity index (χ1n) is 10.1. The molecule has 0 spiro atoms. The van der Waals surface area contributed by atoms with Crippen LogP contribution in [0.5, 0.6) is 0 Å². The predicted molar refractivity (Wildman–Crippen MR) is 138 cm³/mol. The molecule has 2 amide bonds. The number of benzene rings is 2. The SMILES string of the molecule is COC(=O)c1ccc(Sc2ccc(S(=O)(=O)NC(=O)Nc3sc(C)nc3-c3ccccc3)s2)cc1. The van der Waals surface area contributed by atoms with Gasteiger partial charge in [-0.15, -0.1) is 22.7 Å². The molecule has 0 unspecified atom stereocenters. The Morgan fingerprint density at radius 1 is 0.971 bits per heavy atom. The molecule has 12 heteroatoms. The van der Waals surface area contributed by atoms with Gasteiger partial charge < -0.3 is 4.74 Å². The molecule has 180 valence electrons. The summed E-state index contributed by atoms with van der Waals surface area (Å²) in [7, 11) is -2.76. The Morgan fingerprint density at radius 3 is 2.37 bits per heavy atom. The zero-order chi connectivity index (χ0) is 25.0. The smallest absolute Gasteiger partial charge is 0.337 e. The Labute approximate surface area is 214 Å². The maximum Gasteiger partial charge on any atom is 0.337 e. The molecule has 0 bridgehead atoms. The maximum atomic E-state index is 12.8. The summed E-state index contributed by atoms with van der Waals surface area (Å²) in [4.78, 5) is 29.4. The van der Waals surface area contributed by atoms with Crippen molar-refractivity contribution >= 4 is 61.5 Å². The number of methoxy groups -OCH3 is 1. The van der Waals surface area contributed by atoms with Gasteiger partial charge in [0.2, 0.25) is 0 Å². The number of aromatic nitrogens is 1. The lowest BCUT2D eigenvalue weighted by molar-refractivity contribution is 0.0600. The number of aryl methyl sites for hydroxylation is 1. The number of anilines is 1. The van der Waals surface area contributed by atoms with E-state index in [2.05, 4.69) is 19.8 Å². The van der Waals surface area contributed by atoms with Crippen molar-refractivity contribution in [1.29, 1.82) is 0 Å². The van der Waals surface area contributed by atoms with Crippen LogP contribution in [0.15, 0.2) is 80.0 Å². The third-order valence-electron chi connectivity index (χ3n) is 4.55. The fourth-order valence-corrected chi connectivity index (χ4v) is 7.31. The van der Waals surface area contributed by atoms with Crippen LogP contribution in [0.2, 0.25) is 0 Å². The second kappa shape index (κ2) is 10.6. The monoisotopic (exact) mass is 545 g/mol. The summed E-state index contributed by atoms with van der Waals surface area (Å²) < 4.78 is 33.0. The predicted octanol–water partition coefficient (Wildman–Crippen LogP) is 5.63. The number of esters is 1. The Balaban J connectivity index is 1.43. The summed E-state index contributed by atoms with van der Waals surface area (Å²) in [6.07, 6.45) is 0. The van der Waals surface area contributed by atoms with Gasteiger partial charge in [0.1, 0.15) is 14.9 Å². The molecule has 0 aliphatic rings. The maximum absolute atomic E-state index is 12.8. The Kier molecular flexibility index (Phi) is 7.55. The molecule has 2 aromatic heterocycles. The van der Waals surface area contributed by atoms with Crippen molar-refractivity contribution in [2.24, 2.45) is 0 Å². The number of hydrogen-bond acceptors (Lipinski definition) is 9. The number of amides is 2. The van der Waals surface area contributed by atoms with E-state index >= 15 is 0 Å². The van der Waals surface area contributed by atoms with Crippen LogP contribution in [0.3, 0.4) is 0 Å². The molecule has 4 rings (SSSR count). The number of carbonyl (C=O) groups excluding carboxylic acids is 2. The van der Waals surface area contributed by atoms with Crippen LogP contribution in [0.25, 0.3) is 11.3 Å². The third-order valence-corrected chi connectivity index (χ3v) is 9.48. The second-order valence-corrected chi connectivity index (χ2v) is 12.6. The fourth-order valence-electron chi connectivity index (χ4n) is 3.00. The summed E-state index contributed by atoms with van der Waals surface area (Å²) in [6.45, 7) is 1.81. The number of urea groups is 1. The summed E-state index contributed by atoms with van der Waals surface area (Å²) in [5.74, 6) is -0.431. The van der Waals surface area contributed by atoms with E-state index in [1.807, 2.05) is 37.3 Å². The van der Waals surface area contributed by atoms with Crippen LogP contribution in [0.1, 0.15) is 15.4 Å². The highest BCUT2D eigenvalue weighted by molar-refractivity contribution is 8.01. The molecule has 4 aromatic rings. The van der Waals surface area contributed by atoms with E-state index in [1.54, 1.807) is 30.3 Å². The number of ether oxygens (including phenoxy) is 1. The summed E-state index contributed by atoms with van der Waals surface area (Å²) >= 11 is 3.64. The standard InChI is InChI=1S/C23H19N3O5S4/c1-14-24-20(15-6-4-3-5-7-15)21(32-14)25-23(28)26-35(29,30)19-13-12-18(34-19)33-17-10-8-16(9-11-17)22(27)31-2/h3-13H,1-2H3,(H2,25,26,28). The van der Waals surface area contributed by atoms with Crippen molar-refractivity contribution in [3.05, 3.63) is 77.3 Å². The molecular weight excluding hydrogens is 527 g/mol. The molecule has 0 saturated heterocycles. The Morgan fingerprint density at radius 2 is 1.69 bits per heavy atom. The quantitative estimate of drug-likeness (QED) is 0.289. The van der Waals surface area contributed by atoms with Crippen molar-refractivity contribution in [2.45, 2.75) is 20.2 Å². The minimum atomic E-state index is -4.08. The largest absolute Gasteiger partial charge is 0.465 e. The number of thiophene rings is 1. The van der Waals surface area contributed by atoms with Gasteiger partial charge in [-0.3, -0.25) is 5.32 Å². The molecule has 0 atom stereocenters. The van der Waals surface area contributed by atoms with Crippen LogP contribution in [-0.4, -0.2) is 32.5 Å². The Bertz CT molecular complexity index is 1460. The van der Waals surface area contributed by atoms with Gasteiger partial charge in [-0.25, -0.2) is 27.7 Å². The summed E-state index contributed by atoms with van der Waals surface area (Å²) in [6, 6.07) is 18.3. The minimum Gasteiger partial charge on any atom is -0.465 e. The van der Waals surface area contributed by atoms with Crippen LogP contribution >= 0.6 is 34.4 Å². The highest BCUT2D eigenvalue weighted by Gasteiger charge is 2.22. The highest BCUT2D eigenvalue weighted by atomic mass is 32.3. The van der Waals surface area contributed by atoms with Gasteiger partial charge in [-0.1, -0.05) is 42.1 Å². The first kappa shape index (κ1) is 24.9. The van der Waals surface area contributed by atoms with E-state index < -0.39 is 22.0 Å². The van der Waals surface area contributed by atoms with E-state index in [4.69, 9.17) is 0 Å². The lowest BCUT2D eigenvalue weighted by Crippen LogP contribution is -2.33. The van der Waals surface area contributed by atoms with Crippen molar-refractivity contribution < 1.29 is 22.7 Å². The molecule has 0 aliphatic heterocycles. The van der Waals surface area contributed by atoms with Crippen LogP contribution in [0, 0.1) is 6.92 Å². The Hall–Kier alpha value is -3.19. The third kappa shape index (κ3) is 6.09. The number of sulfonamides is 1. The van der Waals surface area contributed by atoms with Crippen molar-refractivity contribution in [2.75, 3.05) is 12.4 Å². The number of nitrogens with one attached hydrogen (secondary N) is 2. The van der Waals surface area contributed by atoms with Crippen molar-refractivity contribution in [3.63, 3.8) is 0 Å². The molecular formula is C23H19N3O5S4. The molecule has 0 saturated carbocycles.